The van der Waals surface area contributed by atoms with Crippen LogP contribution in [0.2, 0.25) is 0 Å². The van der Waals surface area contributed by atoms with Crippen molar-refractivity contribution in [1.82, 2.24) is 0 Å². The summed E-state index contributed by atoms with van der Waals surface area (Å²) in [6, 6.07) is 13.0. The number of benzene rings is 2. The lowest BCUT2D eigenvalue weighted by Gasteiger charge is -2.13. The van der Waals surface area contributed by atoms with Crippen LogP contribution in [0, 0.1) is 0 Å². The summed E-state index contributed by atoms with van der Waals surface area (Å²) in [5, 5.41) is 2.89. The van der Waals surface area contributed by atoms with E-state index in [-0.39, 0.29) is 5.91 Å². The molecule has 0 saturated carbocycles. The maximum absolute atomic E-state index is 12.3. The molecule has 23 heavy (non-hydrogen) atoms. The molecular formula is C19H23NO3. The van der Waals surface area contributed by atoms with Gasteiger partial charge in [-0.1, -0.05) is 19.1 Å². The lowest BCUT2D eigenvalue weighted by atomic mass is 10.1. The van der Waals surface area contributed by atoms with E-state index in [1.807, 2.05) is 50.2 Å². The Morgan fingerprint density at radius 1 is 0.913 bits per heavy atom. The third kappa shape index (κ3) is 4.49. The van der Waals surface area contributed by atoms with E-state index in [1.54, 1.807) is 6.07 Å². The minimum Gasteiger partial charge on any atom is -0.490 e. The molecule has 0 aliphatic carbocycles. The van der Waals surface area contributed by atoms with Crippen molar-refractivity contribution < 1.29 is 14.3 Å². The summed E-state index contributed by atoms with van der Waals surface area (Å²) >= 11 is 0. The van der Waals surface area contributed by atoms with Gasteiger partial charge in [-0.05, 0) is 50.1 Å². The second-order valence-corrected chi connectivity index (χ2v) is 5.03. The van der Waals surface area contributed by atoms with Crippen LogP contribution in [-0.4, -0.2) is 19.1 Å². The monoisotopic (exact) mass is 313 g/mol. The Morgan fingerprint density at radius 2 is 1.57 bits per heavy atom. The summed E-state index contributed by atoms with van der Waals surface area (Å²) in [5.74, 6) is 1.17. The second kappa shape index (κ2) is 8.22. The molecule has 1 N–H and O–H groups in total. The zero-order valence-electron chi connectivity index (χ0n) is 13.9. The van der Waals surface area contributed by atoms with E-state index in [0.29, 0.717) is 36.0 Å². The van der Waals surface area contributed by atoms with E-state index in [2.05, 4.69) is 12.2 Å². The Hall–Kier alpha value is -2.49. The van der Waals surface area contributed by atoms with Crippen LogP contribution in [0.1, 0.15) is 36.7 Å². The lowest BCUT2D eigenvalue weighted by Crippen LogP contribution is -2.12. The van der Waals surface area contributed by atoms with Crippen molar-refractivity contribution in [2.45, 2.75) is 27.2 Å². The van der Waals surface area contributed by atoms with Gasteiger partial charge in [0, 0.05) is 17.3 Å². The van der Waals surface area contributed by atoms with Gasteiger partial charge < -0.3 is 14.8 Å². The molecule has 0 bridgehead atoms. The Balaban J connectivity index is 2.14. The van der Waals surface area contributed by atoms with Gasteiger partial charge in [-0.25, -0.2) is 0 Å². The summed E-state index contributed by atoms with van der Waals surface area (Å²) in [5.41, 5.74) is 2.52. The first-order chi connectivity index (χ1) is 11.2. The Labute approximate surface area is 137 Å². The van der Waals surface area contributed by atoms with Crippen molar-refractivity contribution in [1.29, 1.82) is 0 Å². The SMILES string of the molecule is CCOc1ccc(NC(=O)c2ccc(CC)cc2)cc1OCC. The van der Waals surface area contributed by atoms with E-state index >= 15 is 0 Å². The van der Waals surface area contributed by atoms with Gasteiger partial charge in [-0.2, -0.15) is 0 Å². The number of rotatable bonds is 7. The predicted octanol–water partition coefficient (Wildman–Crippen LogP) is 4.30. The summed E-state index contributed by atoms with van der Waals surface area (Å²) in [6.45, 7) is 7.03. The maximum Gasteiger partial charge on any atom is 0.255 e. The van der Waals surface area contributed by atoms with Crippen LogP contribution in [0.3, 0.4) is 0 Å². The third-order valence-electron chi connectivity index (χ3n) is 3.43. The standard InChI is InChI=1S/C19H23NO3/c1-4-14-7-9-15(10-8-14)19(21)20-16-11-12-17(22-5-2)18(13-16)23-6-3/h7-13H,4-6H2,1-3H3,(H,20,21). The van der Waals surface area contributed by atoms with E-state index in [9.17, 15) is 4.79 Å². The fourth-order valence-electron chi connectivity index (χ4n) is 2.22. The summed E-state index contributed by atoms with van der Waals surface area (Å²) in [4.78, 5) is 12.3. The molecular weight excluding hydrogens is 290 g/mol. The van der Waals surface area contributed by atoms with E-state index < -0.39 is 0 Å². The van der Waals surface area contributed by atoms with Crippen molar-refractivity contribution in [2.75, 3.05) is 18.5 Å². The fourth-order valence-corrected chi connectivity index (χ4v) is 2.22. The largest absolute Gasteiger partial charge is 0.490 e. The van der Waals surface area contributed by atoms with Gasteiger partial charge in [0.05, 0.1) is 13.2 Å². The van der Waals surface area contributed by atoms with Gasteiger partial charge in [0.15, 0.2) is 11.5 Å². The highest BCUT2D eigenvalue weighted by molar-refractivity contribution is 6.04. The van der Waals surface area contributed by atoms with Crippen LogP contribution >= 0.6 is 0 Å². The van der Waals surface area contributed by atoms with Gasteiger partial charge >= 0.3 is 0 Å². The molecule has 2 aromatic rings. The third-order valence-corrected chi connectivity index (χ3v) is 3.43. The van der Waals surface area contributed by atoms with Crippen molar-refractivity contribution in [3.63, 3.8) is 0 Å². The van der Waals surface area contributed by atoms with Gasteiger partial charge in [-0.3, -0.25) is 4.79 Å². The number of amides is 1. The molecule has 0 aliphatic rings. The summed E-state index contributed by atoms with van der Waals surface area (Å²) < 4.78 is 11.1. The first-order valence-electron chi connectivity index (χ1n) is 7.97. The molecule has 0 aromatic heterocycles. The zero-order chi connectivity index (χ0) is 16.7. The second-order valence-electron chi connectivity index (χ2n) is 5.03. The molecule has 0 atom stereocenters. The highest BCUT2D eigenvalue weighted by atomic mass is 16.5. The van der Waals surface area contributed by atoms with E-state index in [0.717, 1.165) is 6.42 Å². The molecule has 2 rings (SSSR count). The average Bonchev–Trinajstić information content (AvgIpc) is 2.57. The zero-order valence-corrected chi connectivity index (χ0v) is 13.9. The first kappa shape index (κ1) is 16.9. The normalized spacial score (nSPS) is 10.2. The smallest absolute Gasteiger partial charge is 0.255 e. The highest BCUT2D eigenvalue weighted by Gasteiger charge is 2.10. The Morgan fingerprint density at radius 3 is 2.17 bits per heavy atom. The van der Waals surface area contributed by atoms with Gasteiger partial charge in [0.1, 0.15) is 0 Å². The molecule has 0 heterocycles. The maximum atomic E-state index is 12.3. The molecule has 0 unspecified atom stereocenters. The molecule has 0 radical (unpaired) electrons. The predicted molar refractivity (Wildman–Crippen MR) is 92.6 cm³/mol. The van der Waals surface area contributed by atoms with Crippen LogP contribution in [-0.2, 0) is 6.42 Å². The number of hydrogen-bond acceptors (Lipinski definition) is 3. The number of hydrogen-bond donors (Lipinski definition) is 1. The van der Waals surface area contributed by atoms with Crippen molar-refractivity contribution in [3.8, 4) is 11.5 Å². The van der Waals surface area contributed by atoms with Gasteiger partial charge in [0.2, 0.25) is 0 Å². The minimum atomic E-state index is -0.140. The quantitative estimate of drug-likeness (QED) is 0.829. The van der Waals surface area contributed by atoms with Crippen LogP contribution in [0.15, 0.2) is 42.5 Å². The Bertz CT molecular complexity index is 650. The molecule has 2 aromatic carbocycles. The van der Waals surface area contributed by atoms with Crippen LogP contribution in [0.25, 0.3) is 0 Å². The van der Waals surface area contributed by atoms with Crippen LogP contribution in [0.5, 0.6) is 11.5 Å². The number of carbonyl (C=O) groups excluding carboxylic acids is 1. The van der Waals surface area contributed by atoms with Crippen LogP contribution < -0.4 is 14.8 Å². The fraction of sp³-hybridized carbons (Fsp3) is 0.316. The summed E-state index contributed by atoms with van der Waals surface area (Å²) in [7, 11) is 0. The minimum absolute atomic E-state index is 0.140. The van der Waals surface area contributed by atoms with Crippen molar-refractivity contribution in [2.24, 2.45) is 0 Å². The summed E-state index contributed by atoms with van der Waals surface area (Å²) in [6.07, 6.45) is 0.957. The number of aryl methyl sites for hydroxylation is 1. The molecule has 0 aliphatic heterocycles. The first-order valence-corrected chi connectivity index (χ1v) is 7.97. The topological polar surface area (TPSA) is 47.6 Å². The average molecular weight is 313 g/mol. The molecule has 4 heteroatoms. The molecule has 0 spiro atoms. The Kier molecular flexibility index (Phi) is 6.03. The highest BCUT2D eigenvalue weighted by Crippen LogP contribution is 2.30. The van der Waals surface area contributed by atoms with Gasteiger partial charge in [-0.15, -0.1) is 0 Å². The lowest BCUT2D eigenvalue weighted by molar-refractivity contribution is 0.102. The number of carbonyl (C=O) groups is 1. The van der Waals surface area contributed by atoms with Crippen molar-refractivity contribution in [3.05, 3.63) is 53.6 Å². The molecule has 122 valence electrons. The van der Waals surface area contributed by atoms with E-state index in [1.165, 1.54) is 5.56 Å². The van der Waals surface area contributed by atoms with Crippen LogP contribution in [0.4, 0.5) is 5.69 Å². The van der Waals surface area contributed by atoms with Gasteiger partial charge in [0.25, 0.3) is 5.91 Å². The molecule has 0 saturated heterocycles. The van der Waals surface area contributed by atoms with E-state index in [4.69, 9.17) is 9.47 Å². The molecule has 4 nitrogen and oxygen atoms in total. The molecule has 1 amide bonds. The number of nitrogens with one attached hydrogen (secondary N) is 1. The number of ether oxygens (including phenoxy) is 2. The number of anilines is 1. The molecule has 0 fully saturated rings. The van der Waals surface area contributed by atoms with Crippen molar-refractivity contribution >= 4 is 11.6 Å².